The van der Waals surface area contributed by atoms with E-state index in [1.54, 1.807) is 6.92 Å². The third-order valence-electron chi connectivity index (χ3n) is 2.25. The number of nitrogens with zero attached hydrogens (tertiary/aromatic N) is 1. The molecule has 3 N–H and O–H groups in total. The van der Waals surface area contributed by atoms with Crippen LogP contribution in [0.5, 0.6) is 0 Å². The highest BCUT2D eigenvalue weighted by molar-refractivity contribution is 7.87. The minimum Gasteiger partial charge on any atom is -0.329 e. The van der Waals surface area contributed by atoms with Crippen LogP contribution in [-0.4, -0.2) is 32.4 Å². The highest BCUT2D eigenvalue weighted by atomic mass is 35.5. The van der Waals surface area contributed by atoms with Crippen molar-refractivity contribution >= 4 is 22.6 Å². The molecule has 0 aliphatic carbocycles. The molecule has 0 bridgehead atoms. The molecular weight excluding hydrogens is 274 g/mol. The van der Waals surface area contributed by atoms with Gasteiger partial charge in [-0.25, -0.2) is 4.72 Å². The second-order valence-corrected chi connectivity index (χ2v) is 5.37. The average Bonchev–Trinajstić information content (AvgIpc) is 2.30. The molecule has 0 fully saturated rings. The Balaban J connectivity index is 0.00000289. The summed E-state index contributed by atoms with van der Waals surface area (Å²) in [5.74, 6) is 0. The third kappa shape index (κ3) is 5.32. The lowest BCUT2D eigenvalue weighted by atomic mass is 10.2. The van der Waals surface area contributed by atoms with Crippen molar-refractivity contribution in [3.05, 3.63) is 35.9 Å². The van der Waals surface area contributed by atoms with Crippen LogP contribution in [-0.2, 0) is 16.8 Å². The van der Waals surface area contributed by atoms with Crippen LogP contribution in [0, 0.1) is 0 Å². The van der Waals surface area contributed by atoms with E-state index in [0.717, 1.165) is 5.56 Å². The molecule has 0 amide bonds. The normalized spacial score (nSPS) is 11.3. The average molecular weight is 294 g/mol. The summed E-state index contributed by atoms with van der Waals surface area (Å²) >= 11 is 0. The predicted octanol–water partition coefficient (Wildman–Crippen LogP) is 0.723. The number of halogens is 1. The molecule has 0 aromatic heterocycles. The molecule has 1 rings (SSSR count). The standard InChI is InChI=1S/C11H19N3O2S.ClH/c1-2-13-17(15,16)14(9-8-12)10-11-6-4-3-5-7-11;/h3-7,13H,2,8-10,12H2,1H3;1H. The van der Waals surface area contributed by atoms with E-state index >= 15 is 0 Å². The SMILES string of the molecule is CCNS(=O)(=O)N(CCN)Cc1ccccc1.Cl. The van der Waals surface area contributed by atoms with Crippen LogP contribution in [0.1, 0.15) is 12.5 Å². The molecule has 7 heteroatoms. The molecule has 0 unspecified atom stereocenters. The zero-order chi connectivity index (χ0) is 12.7. The molecule has 0 heterocycles. The number of nitrogens with one attached hydrogen (secondary N) is 1. The van der Waals surface area contributed by atoms with E-state index in [9.17, 15) is 8.42 Å². The van der Waals surface area contributed by atoms with Crippen molar-refractivity contribution in [3.63, 3.8) is 0 Å². The van der Waals surface area contributed by atoms with Crippen LogP contribution in [0.3, 0.4) is 0 Å². The van der Waals surface area contributed by atoms with E-state index in [2.05, 4.69) is 4.72 Å². The molecule has 0 saturated heterocycles. The summed E-state index contributed by atoms with van der Waals surface area (Å²) in [6, 6.07) is 9.46. The summed E-state index contributed by atoms with van der Waals surface area (Å²) in [6.45, 7) is 3.08. The Bertz CT molecular complexity index is 425. The Kier molecular flexibility index (Phi) is 8.13. The van der Waals surface area contributed by atoms with E-state index in [0.29, 0.717) is 26.2 Å². The van der Waals surface area contributed by atoms with Gasteiger partial charge in [0.25, 0.3) is 10.2 Å². The van der Waals surface area contributed by atoms with Crippen LogP contribution < -0.4 is 10.5 Å². The highest BCUT2D eigenvalue weighted by Gasteiger charge is 2.19. The molecule has 0 aliphatic rings. The fraction of sp³-hybridized carbons (Fsp3) is 0.455. The lowest BCUT2D eigenvalue weighted by Crippen LogP contribution is -2.42. The van der Waals surface area contributed by atoms with Gasteiger partial charge in [0.15, 0.2) is 0 Å². The molecule has 5 nitrogen and oxygen atoms in total. The van der Waals surface area contributed by atoms with Gasteiger partial charge in [-0.1, -0.05) is 37.3 Å². The predicted molar refractivity (Wildman–Crippen MR) is 75.8 cm³/mol. The zero-order valence-corrected chi connectivity index (χ0v) is 12.0. The molecule has 0 aliphatic heterocycles. The van der Waals surface area contributed by atoms with Gasteiger partial charge in [0.1, 0.15) is 0 Å². The van der Waals surface area contributed by atoms with Gasteiger partial charge < -0.3 is 5.73 Å². The van der Waals surface area contributed by atoms with E-state index in [4.69, 9.17) is 5.73 Å². The van der Waals surface area contributed by atoms with Crippen LogP contribution in [0.4, 0.5) is 0 Å². The zero-order valence-electron chi connectivity index (χ0n) is 10.4. The number of nitrogens with two attached hydrogens (primary N) is 1. The summed E-state index contributed by atoms with van der Waals surface area (Å²) in [5.41, 5.74) is 6.39. The third-order valence-corrected chi connectivity index (χ3v) is 3.89. The van der Waals surface area contributed by atoms with Crippen LogP contribution in [0.25, 0.3) is 0 Å². The van der Waals surface area contributed by atoms with Crippen LogP contribution in [0.15, 0.2) is 30.3 Å². The first kappa shape index (κ1) is 17.3. The fourth-order valence-electron chi connectivity index (χ4n) is 1.49. The van der Waals surface area contributed by atoms with Gasteiger partial charge in [-0.2, -0.15) is 12.7 Å². The van der Waals surface area contributed by atoms with Crippen molar-refractivity contribution in [1.29, 1.82) is 0 Å². The van der Waals surface area contributed by atoms with Crippen LogP contribution >= 0.6 is 12.4 Å². The lowest BCUT2D eigenvalue weighted by Gasteiger charge is -2.21. The van der Waals surface area contributed by atoms with Gasteiger partial charge in [-0.15, -0.1) is 12.4 Å². The van der Waals surface area contributed by atoms with Gasteiger partial charge in [-0.05, 0) is 5.56 Å². The number of benzene rings is 1. The Morgan fingerprint density at radius 3 is 2.39 bits per heavy atom. The number of rotatable bonds is 7. The van der Waals surface area contributed by atoms with Gasteiger partial charge in [0.2, 0.25) is 0 Å². The molecule has 0 radical (unpaired) electrons. The van der Waals surface area contributed by atoms with Crippen molar-refractivity contribution in [2.24, 2.45) is 5.73 Å². The van der Waals surface area contributed by atoms with Crippen molar-refractivity contribution in [3.8, 4) is 0 Å². The van der Waals surface area contributed by atoms with E-state index < -0.39 is 10.2 Å². The molecule has 0 spiro atoms. The second kappa shape index (κ2) is 8.44. The van der Waals surface area contributed by atoms with E-state index in [-0.39, 0.29) is 12.4 Å². The maximum atomic E-state index is 11.9. The second-order valence-electron chi connectivity index (χ2n) is 3.61. The topological polar surface area (TPSA) is 75.4 Å². The Labute approximate surface area is 115 Å². The monoisotopic (exact) mass is 293 g/mol. The quantitative estimate of drug-likeness (QED) is 0.778. The van der Waals surface area contributed by atoms with E-state index in [1.165, 1.54) is 4.31 Å². The van der Waals surface area contributed by atoms with Gasteiger partial charge in [0, 0.05) is 26.2 Å². The van der Waals surface area contributed by atoms with Crippen molar-refractivity contribution < 1.29 is 8.42 Å². The van der Waals surface area contributed by atoms with Crippen molar-refractivity contribution in [2.75, 3.05) is 19.6 Å². The Hall–Kier alpha value is -0.660. The largest absolute Gasteiger partial charge is 0.329 e. The molecular formula is C11H20ClN3O2S. The minimum atomic E-state index is -3.43. The number of hydrogen-bond acceptors (Lipinski definition) is 3. The molecule has 18 heavy (non-hydrogen) atoms. The van der Waals surface area contributed by atoms with Crippen molar-refractivity contribution in [2.45, 2.75) is 13.5 Å². The van der Waals surface area contributed by atoms with Crippen molar-refractivity contribution in [1.82, 2.24) is 9.03 Å². The first-order valence-corrected chi connectivity index (χ1v) is 7.03. The number of hydrogen-bond donors (Lipinski definition) is 2. The highest BCUT2D eigenvalue weighted by Crippen LogP contribution is 2.07. The summed E-state index contributed by atoms with van der Waals surface area (Å²) in [7, 11) is -3.43. The molecule has 104 valence electrons. The first-order chi connectivity index (χ1) is 8.10. The lowest BCUT2D eigenvalue weighted by molar-refractivity contribution is 0.406. The Morgan fingerprint density at radius 1 is 1.28 bits per heavy atom. The summed E-state index contributed by atoms with van der Waals surface area (Å²) in [4.78, 5) is 0. The van der Waals surface area contributed by atoms with Crippen LogP contribution in [0.2, 0.25) is 0 Å². The molecule has 1 aromatic carbocycles. The first-order valence-electron chi connectivity index (χ1n) is 5.59. The Morgan fingerprint density at radius 2 is 1.89 bits per heavy atom. The summed E-state index contributed by atoms with van der Waals surface area (Å²) in [6.07, 6.45) is 0. The smallest absolute Gasteiger partial charge is 0.279 e. The van der Waals surface area contributed by atoms with Gasteiger partial charge in [0.05, 0.1) is 0 Å². The molecule has 1 aromatic rings. The fourth-order valence-corrected chi connectivity index (χ4v) is 2.70. The summed E-state index contributed by atoms with van der Waals surface area (Å²) < 4.78 is 27.6. The van der Waals surface area contributed by atoms with Gasteiger partial charge >= 0.3 is 0 Å². The van der Waals surface area contributed by atoms with E-state index in [1.807, 2.05) is 30.3 Å². The minimum absolute atomic E-state index is 0. The maximum absolute atomic E-state index is 11.9. The molecule has 0 saturated carbocycles. The molecule has 0 atom stereocenters. The maximum Gasteiger partial charge on any atom is 0.279 e. The summed E-state index contributed by atoms with van der Waals surface area (Å²) in [5, 5.41) is 0. The van der Waals surface area contributed by atoms with Gasteiger partial charge in [-0.3, -0.25) is 0 Å².